The van der Waals surface area contributed by atoms with Crippen LogP contribution in [0.4, 0.5) is 0 Å². The third kappa shape index (κ3) is 8.32. The van der Waals surface area contributed by atoms with Gasteiger partial charge in [-0.05, 0) is 54.7 Å². The second-order valence-corrected chi connectivity index (χ2v) is 12.7. The van der Waals surface area contributed by atoms with Gasteiger partial charge >= 0.3 is 0 Å². The van der Waals surface area contributed by atoms with Crippen molar-refractivity contribution in [3.05, 3.63) is 100 Å². The number of hydrogen-bond acceptors (Lipinski definition) is 3. The number of carbonyl (C=O) groups is 1. The molecular weight excluding hydrogens is 542 g/mol. The van der Waals surface area contributed by atoms with Crippen LogP contribution in [-0.4, -0.2) is 47.2 Å². The molecule has 4 rings (SSSR count). The Morgan fingerprint density at radius 3 is 2.45 bits per heavy atom. The molecule has 1 saturated carbocycles. The minimum Gasteiger partial charge on any atom is -0.345 e. The van der Waals surface area contributed by atoms with Crippen LogP contribution in [0.25, 0.3) is 6.08 Å². The Morgan fingerprint density at radius 1 is 1.00 bits per heavy atom. The standard InChI is InChI=1S/C32H40ClN3O3S/c1-2-3-22-35(40(38,39)23-20-27-13-6-4-7-14-27)26-32(37)36(29-16-8-5-9-17-29)25-30-18-12-21-34(30)24-28-15-10-11-19-31(28)33/h4,6-7,10-15,18-21,23,29H,2-3,5,8-9,16-17,22,24-26H2,1H3. The van der Waals surface area contributed by atoms with Crippen molar-refractivity contribution in [2.24, 2.45) is 0 Å². The summed E-state index contributed by atoms with van der Waals surface area (Å²) in [5, 5.41) is 1.94. The molecule has 1 aliphatic carbocycles. The van der Waals surface area contributed by atoms with Crippen LogP contribution in [0.15, 0.2) is 78.3 Å². The summed E-state index contributed by atoms with van der Waals surface area (Å²) < 4.78 is 30.3. The lowest BCUT2D eigenvalue weighted by molar-refractivity contribution is -0.135. The third-order valence-electron chi connectivity index (χ3n) is 7.55. The molecule has 0 saturated heterocycles. The summed E-state index contributed by atoms with van der Waals surface area (Å²) in [6, 6.07) is 21.2. The van der Waals surface area contributed by atoms with Gasteiger partial charge in [-0.3, -0.25) is 4.79 Å². The normalized spacial score (nSPS) is 14.7. The second kappa shape index (κ2) is 14.7. The van der Waals surface area contributed by atoms with Crippen LogP contribution in [0.5, 0.6) is 0 Å². The molecule has 40 heavy (non-hydrogen) atoms. The molecule has 0 N–H and O–H groups in total. The van der Waals surface area contributed by atoms with Crippen LogP contribution in [-0.2, 0) is 27.9 Å². The first-order chi connectivity index (χ1) is 19.4. The van der Waals surface area contributed by atoms with Crippen molar-refractivity contribution in [3.63, 3.8) is 0 Å². The Hall–Kier alpha value is -2.87. The van der Waals surface area contributed by atoms with E-state index in [-0.39, 0.29) is 18.5 Å². The Labute approximate surface area is 244 Å². The SMILES string of the molecule is CCCCN(CC(=O)N(Cc1cccn1Cc1ccccc1Cl)C1CCCCC1)S(=O)(=O)C=Cc1ccccc1. The number of benzene rings is 2. The molecule has 0 spiro atoms. The summed E-state index contributed by atoms with van der Waals surface area (Å²) in [5.74, 6) is -0.148. The molecule has 6 nitrogen and oxygen atoms in total. The molecule has 8 heteroatoms. The van der Waals surface area contributed by atoms with Gasteiger partial charge in [0.05, 0.1) is 13.1 Å². The van der Waals surface area contributed by atoms with Crippen LogP contribution in [0.1, 0.15) is 68.7 Å². The fourth-order valence-electron chi connectivity index (χ4n) is 5.23. The van der Waals surface area contributed by atoms with Gasteiger partial charge in [-0.1, -0.05) is 92.7 Å². The molecule has 214 valence electrons. The van der Waals surface area contributed by atoms with Crippen molar-refractivity contribution in [1.82, 2.24) is 13.8 Å². The van der Waals surface area contributed by atoms with Crippen molar-refractivity contribution in [3.8, 4) is 0 Å². The number of rotatable bonds is 13. The van der Waals surface area contributed by atoms with E-state index >= 15 is 0 Å². The van der Waals surface area contributed by atoms with Crippen molar-refractivity contribution in [2.45, 2.75) is 71.0 Å². The largest absolute Gasteiger partial charge is 0.345 e. The lowest BCUT2D eigenvalue weighted by atomic mass is 9.94. The summed E-state index contributed by atoms with van der Waals surface area (Å²) >= 11 is 6.43. The molecule has 1 amide bonds. The van der Waals surface area contributed by atoms with Gasteiger partial charge < -0.3 is 9.47 Å². The highest BCUT2D eigenvalue weighted by molar-refractivity contribution is 7.92. The number of halogens is 1. The van der Waals surface area contributed by atoms with Crippen LogP contribution in [0, 0.1) is 0 Å². The fraction of sp³-hybridized carbons (Fsp3) is 0.406. The molecule has 2 aromatic carbocycles. The summed E-state index contributed by atoms with van der Waals surface area (Å²) in [6.07, 6.45) is 10.3. The van der Waals surface area contributed by atoms with Gasteiger partial charge in [-0.15, -0.1) is 0 Å². The Balaban J connectivity index is 1.56. The number of hydrogen-bond donors (Lipinski definition) is 0. The van der Waals surface area contributed by atoms with Gasteiger partial charge in [-0.25, -0.2) is 8.42 Å². The Kier molecular flexibility index (Phi) is 11.0. The van der Waals surface area contributed by atoms with Gasteiger partial charge in [0.2, 0.25) is 15.9 Å². The van der Waals surface area contributed by atoms with Crippen LogP contribution >= 0.6 is 11.6 Å². The molecule has 1 aliphatic rings. The van der Waals surface area contributed by atoms with Crippen LogP contribution in [0.2, 0.25) is 5.02 Å². The van der Waals surface area contributed by atoms with E-state index in [0.717, 1.165) is 48.9 Å². The predicted octanol–water partition coefficient (Wildman–Crippen LogP) is 6.95. The van der Waals surface area contributed by atoms with Gasteiger partial charge in [0, 0.05) is 41.5 Å². The van der Waals surface area contributed by atoms with E-state index in [1.807, 2.05) is 84.8 Å². The summed E-state index contributed by atoms with van der Waals surface area (Å²) in [7, 11) is -3.78. The zero-order valence-electron chi connectivity index (χ0n) is 23.3. The number of sulfonamides is 1. The molecule has 0 bridgehead atoms. The maximum Gasteiger partial charge on any atom is 0.238 e. The fourth-order valence-corrected chi connectivity index (χ4v) is 6.60. The quantitative estimate of drug-likeness (QED) is 0.219. The van der Waals surface area contributed by atoms with Gasteiger partial charge in [-0.2, -0.15) is 4.31 Å². The van der Waals surface area contributed by atoms with E-state index in [4.69, 9.17) is 11.6 Å². The number of nitrogens with zero attached hydrogens (tertiary/aromatic N) is 3. The van der Waals surface area contributed by atoms with Crippen molar-refractivity contribution >= 4 is 33.6 Å². The van der Waals surface area contributed by atoms with E-state index in [0.29, 0.717) is 31.1 Å². The van der Waals surface area contributed by atoms with Crippen molar-refractivity contribution < 1.29 is 13.2 Å². The monoisotopic (exact) mass is 581 g/mol. The second-order valence-electron chi connectivity index (χ2n) is 10.5. The number of aromatic nitrogens is 1. The number of amides is 1. The lowest BCUT2D eigenvalue weighted by Crippen LogP contribution is -2.47. The highest BCUT2D eigenvalue weighted by atomic mass is 35.5. The van der Waals surface area contributed by atoms with E-state index in [1.54, 1.807) is 6.08 Å². The molecule has 0 unspecified atom stereocenters. The topological polar surface area (TPSA) is 62.6 Å². The molecule has 1 fully saturated rings. The number of unbranched alkanes of at least 4 members (excludes halogenated alkanes) is 1. The zero-order valence-corrected chi connectivity index (χ0v) is 24.9. The molecule has 0 aliphatic heterocycles. The molecule has 3 aromatic rings. The van der Waals surface area contributed by atoms with Gasteiger partial charge in [0.1, 0.15) is 0 Å². The van der Waals surface area contributed by atoms with Crippen LogP contribution in [0.3, 0.4) is 0 Å². The zero-order chi connectivity index (χ0) is 28.4. The molecule has 1 aromatic heterocycles. The highest BCUT2D eigenvalue weighted by Crippen LogP contribution is 2.26. The average Bonchev–Trinajstić information content (AvgIpc) is 3.41. The van der Waals surface area contributed by atoms with Gasteiger partial charge in [0.25, 0.3) is 0 Å². The smallest absolute Gasteiger partial charge is 0.238 e. The maximum absolute atomic E-state index is 14.0. The minimum absolute atomic E-state index is 0.0977. The molecule has 1 heterocycles. The van der Waals surface area contributed by atoms with E-state index < -0.39 is 10.0 Å². The highest BCUT2D eigenvalue weighted by Gasteiger charge is 2.30. The first-order valence-electron chi connectivity index (χ1n) is 14.3. The van der Waals surface area contributed by atoms with Crippen molar-refractivity contribution in [1.29, 1.82) is 0 Å². The maximum atomic E-state index is 14.0. The van der Waals surface area contributed by atoms with Gasteiger partial charge in [0.15, 0.2) is 0 Å². The van der Waals surface area contributed by atoms with E-state index in [2.05, 4.69) is 4.57 Å². The average molecular weight is 582 g/mol. The summed E-state index contributed by atoms with van der Waals surface area (Å²) in [4.78, 5) is 15.9. The lowest BCUT2D eigenvalue weighted by Gasteiger charge is -2.36. The van der Waals surface area contributed by atoms with E-state index in [1.165, 1.54) is 16.1 Å². The first-order valence-corrected chi connectivity index (χ1v) is 16.2. The van der Waals surface area contributed by atoms with Crippen LogP contribution < -0.4 is 0 Å². The Morgan fingerprint density at radius 2 is 1.73 bits per heavy atom. The summed E-state index contributed by atoms with van der Waals surface area (Å²) in [6.45, 7) is 3.21. The molecule has 0 radical (unpaired) electrons. The summed E-state index contributed by atoms with van der Waals surface area (Å²) in [5.41, 5.74) is 2.82. The molecular formula is C32H40ClN3O3S. The minimum atomic E-state index is -3.78. The first kappa shape index (κ1) is 30.1. The molecule has 0 atom stereocenters. The Bertz CT molecular complexity index is 1360. The van der Waals surface area contributed by atoms with E-state index in [9.17, 15) is 13.2 Å². The number of carbonyl (C=O) groups excluding carboxylic acids is 1. The predicted molar refractivity (Wildman–Crippen MR) is 163 cm³/mol. The third-order valence-corrected chi connectivity index (χ3v) is 9.44. The van der Waals surface area contributed by atoms with Crippen molar-refractivity contribution in [2.75, 3.05) is 13.1 Å².